The Morgan fingerprint density at radius 1 is 0.705 bits per heavy atom. The Hall–Kier alpha value is -3.75. The van der Waals surface area contributed by atoms with Crippen molar-refractivity contribution in [2.24, 2.45) is 0 Å². The van der Waals surface area contributed by atoms with Crippen LogP contribution in [0, 0.1) is 0 Å². The van der Waals surface area contributed by atoms with E-state index in [1.807, 2.05) is 0 Å². The molecule has 240 valence electrons. The van der Waals surface area contributed by atoms with E-state index in [1.54, 1.807) is 0 Å². The van der Waals surface area contributed by atoms with E-state index in [2.05, 4.69) is 0 Å². The van der Waals surface area contributed by atoms with Gasteiger partial charge in [-0.25, -0.2) is 0 Å². The molecule has 2 aliphatic heterocycles. The van der Waals surface area contributed by atoms with Crippen molar-refractivity contribution in [3.05, 3.63) is 40.6 Å². The summed E-state index contributed by atoms with van der Waals surface area (Å²) in [6.07, 6.45) is -17.6. The predicted molar refractivity (Wildman–Crippen MR) is 142 cm³/mol. The van der Waals surface area contributed by atoms with E-state index in [1.165, 1.54) is 6.07 Å². The standard InChI is InChI=1S/C27H30O17/c28-6-15-18(34)21(37)23(39)26(42-15)44-25-22(38)19(35)16(7-29)43-27(25)41-14-5-12(33)17-11(32)4-13(40-24(17)20(14)36)8-1-2-9(30)10(31)3-8/h1-5,15-16,18-19,21-23,25-31,33-39H,6-7H2/t15?,16?,18-,19-,21+,22+,23?,25?,26+,27-/m1/s1. The van der Waals surface area contributed by atoms with Crippen LogP contribution in [0.3, 0.4) is 0 Å². The molecule has 10 atom stereocenters. The maximum absolute atomic E-state index is 12.9. The van der Waals surface area contributed by atoms with Gasteiger partial charge in [0.2, 0.25) is 12.0 Å². The average Bonchev–Trinajstić information content (AvgIpc) is 3.00. The molecule has 5 rings (SSSR count). The average molecular weight is 627 g/mol. The minimum absolute atomic E-state index is 0.107. The Labute approximate surface area is 246 Å². The van der Waals surface area contributed by atoms with Gasteiger partial charge in [0.1, 0.15) is 59.6 Å². The summed E-state index contributed by atoms with van der Waals surface area (Å²) in [4.78, 5) is 12.9. The third-order valence-electron chi connectivity index (χ3n) is 7.39. The third kappa shape index (κ3) is 5.61. The van der Waals surface area contributed by atoms with Crippen molar-refractivity contribution >= 4 is 11.0 Å². The first-order valence-corrected chi connectivity index (χ1v) is 13.2. The van der Waals surface area contributed by atoms with E-state index in [9.17, 15) is 61.0 Å². The summed E-state index contributed by atoms with van der Waals surface area (Å²) in [7, 11) is 0. The second kappa shape index (κ2) is 12.3. The zero-order valence-electron chi connectivity index (χ0n) is 22.4. The Balaban J connectivity index is 1.52. The van der Waals surface area contributed by atoms with Crippen LogP contribution in [0.25, 0.3) is 22.3 Å². The molecule has 17 heteroatoms. The number of ether oxygens (including phenoxy) is 4. The number of phenolic OH excluding ortho intramolecular Hbond substituents is 4. The lowest BCUT2D eigenvalue weighted by molar-refractivity contribution is -0.358. The lowest BCUT2D eigenvalue weighted by Crippen LogP contribution is -2.65. The van der Waals surface area contributed by atoms with E-state index in [0.717, 1.165) is 24.3 Å². The molecule has 0 spiro atoms. The lowest BCUT2D eigenvalue weighted by atomic mass is 9.97. The van der Waals surface area contributed by atoms with Crippen LogP contribution in [-0.4, -0.2) is 131 Å². The number of fused-ring (bicyclic) bond motifs is 1. The summed E-state index contributed by atoms with van der Waals surface area (Å²) >= 11 is 0. The molecule has 0 aliphatic carbocycles. The van der Waals surface area contributed by atoms with Gasteiger partial charge in [0.25, 0.3) is 0 Å². The molecule has 0 amide bonds. The first kappa shape index (κ1) is 31.7. The summed E-state index contributed by atoms with van der Waals surface area (Å²) in [6, 6.07) is 5.27. The van der Waals surface area contributed by atoms with Gasteiger partial charge in [0.15, 0.2) is 40.7 Å². The number of benzene rings is 2. The van der Waals surface area contributed by atoms with E-state index < -0.39 is 120 Å². The number of rotatable bonds is 7. The Morgan fingerprint density at radius 3 is 1.98 bits per heavy atom. The molecule has 0 saturated carbocycles. The van der Waals surface area contributed by atoms with Gasteiger partial charge in [0, 0.05) is 17.7 Å². The van der Waals surface area contributed by atoms with E-state index in [0.29, 0.717) is 0 Å². The van der Waals surface area contributed by atoms with Crippen molar-refractivity contribution in [2.45, 2.75) is 61.4 Å². The minimum atomic E-state index is -1.93. The highest BCUT2D eigenvalue weighted by Crippen LogP contribution is 2.42. The highest BCUT2D eigenvalue weighted by atomic mass is 16.8. The van der Waals surface area contributed by atoms with E-state index in [-0.39, 0.29) is 11.3 Å². The van der Waals surface area contributed by atoms with E-state index in [4.69, 9.17) is 23.4 Å². The Bertz CT molecular complexity index is 1560. The monoisotopic (exact) mass is 626 g/mol. The van der Waals surface area contributed by atoms with Crippen LogP contribution >= 0.6 is 0 Å². The largest absolute Gasteiger partial charge is 0.507 e. The van der Waals surface area contributed by atoms with Crippen LogP contribution in [0.2, 0.25) is 0 Å². The van der Waals surface area contributed by atoms with Crippen molar-refractivity contribution in [1.82, 2.24) is 0 Å². The number of aromatic hydroxyl groups is 4. The molecular formula is C27H30O17. The predicted octanol–water partition coefficient (Wildman–Crippen LogP) is -2.71. The van der Waals surface area contributed by atoms with Gasteiger partial charge in [-0.2, -0.15) is 0 Å². The van der Waals surface area contributed by atoms with Gasteiger partial charge >= 0.3 is 0 Å². The summed E-state index contributed by atoms with van der Waals surface area (Å²) in [6.45, 7) is -1.64. The molecule has 1 aromatic heterocycles. The fourth-order valence-electron chi connectivity index (χ4n) is 4.94. The molecule has 0 bridgehead atoms. The quantitative estimate of drug-likeness (QED) is 0.0938. The maximum atomic E-state index is 12.9. The molecule has 0 radical (unpaired) electrons. The number of phenols is 4. The summed E-state index contributed by atoms with van der Waals surface area (Å²) < 4.78 is 27.7. The van der Waals surface area contributed by atoms with Gasteiger partial charge in [-0.05, 0) is 18.2 Å². The smallest absolute Gasteiger partial charge is 0.229 e. The maximum Gasteiger partial charge on any atom is 0.229 e. The second-order valence-corrected chi connectivity index (χ2v) is 10.2. The number of aliphatic hydroxyl groups excluding tert-OH is 7. The molecule has 4 unspecified atom stereocenters. The molecule has 2 fully saturated rings. The molecule has 3 heterocycles. The second-order valence-electron chi connectivity index (χ2n) is 10.2. The first-order chi connectivity index (χ1) is 20.9. The molecule has 3 aromatic rings. The fourth-order valence-corrected chi connectivity index (χ4v) is 4.94. The Morgan fingerprint density at radius 2 is 1.34 bits per heavy atom. The normalized spacial score (nSPS) is 32.5. The van der Waals surface area contributed by atoms with Gasteiger partial charge in [-0.3, -0.25) is 4.79 Å². The molecule has 17 nitrogen and oxygen atoms in total. The van der Waals surface area contributed by atoms with Crippen LogP contribution in [0.1, 0.15) is 0 Å². The molecule has 2 aromatic carbocycles. The Kier molecular flexibility index (Phi) is 8.87. The first-order valence-electron chi connectivity index (χ1n) is 13.2. The van der Waals surface area contributed by atoms with Gasteiger partial charge in [-0.15, -0.1) is 0 Å². The number of hydrogen-bond acceptors (Lipinski definition) is 17. The topological polar surface area (TPSA) is 290 Å². The summed E-state index contributed by atoms with van der Waals surface area (Å²) in [5.41, 5.74) is -1.29. The van der Waals surface area contributed by atoms with Crippen molar-refractivity contribution < 1.29 is 79.5 Å². The molecular weight excluding hydrogens is 596 g/mol. The lowest BCUT2D eigenvalue weighted by Gasteiger charge is -2.45. The molecule has 11 N–H and O–H groups in total. The highest BCUT2D eigenvalue weighted by molar-refractivity contribution is 5.91. The van der Waals surface area contributed by atoms with Crippen LogP contribution < -0.4 is 10.2 Å². The van der Waals surface area contributed by atoms with E-state index >= 15 is 0 Å². The fraction of sp³-hybridized carbons (Fsp3) is 0.444. The van der Waals surface area contributed by atoms with Gasteiger partial charge < -0.3 is 79.5 Å². The zero-order valence-corrected chi connectivity index (χ0v) is 22.4. The van der Waals surface area contributed by atoms with Crippen molar-refractivity contribution in [3.63, 3.8) is 0 Å². The van der Waals surface area contributed by atoms with Crippen molar-refractivity contribution in [1.29, 1.82) is 0 Å². The third-order valence-corrected chi connectivity index (χ3v) is 7.39. The van der Waals surface area contributed by atoms with Crippen LogP contribution in [0.5, 0.6) is 28.7 Å². The van der Waals surface area contributed by atoms with Gasteiger partial charge in [-0.1, -0.05) is 0 Å². The molecule has 44 heavy (non-hydrogen) atoms. The van der Waals surface area contributed by atoms with Crippen LogP contribution in [0.15, 0.2) is 39.5 Å². The molecule has 2 saturated heterocycles. The molecule has 2 aliphatic rings. The summed E-state index contributed by atoms with van der Waals surface area (Å²) in [5.74, 6) is -3.39. The zero-order chi connectivity index (χ0) is 32.0. The van der Waals surface area contributed by atoms with Gasteiger partial charge in [0.05, 0.1) is 13.2 Å². The minimum Gasteiger partial charge on any atom is -0.507 e. The van der Waals surface area contributed by atoms with Crippen molar-refractivity contribution in [2.75, 3.05) is 13.2 Å². The number of hydrogen-bond donors (Lipinski definition) is 11. The summed E-state index contributed by atoms with van der Waals surface area (Å²) in [5, 5.41) is 112. The highest BCUT2D eigenvalue weighted by Gasteiger charge is 2.51. The van der Waals surface area contributed by atoms with Crippen molar-refractivity contribution in [3.8, 4) is 40.1 Å². The number of aliphatic hydroxyl groups is 7. The van der Waals surface area contributed by atoms with Crippen LogP contribution in [0.4, 0.5) is 0 Å². The van der Waals surface area contributed by atoms with Crippen LogP contribution in [-0.2, 0) is 14.2 Å². The SMILES string of the molecule is O=c1cc(-c2ccc(O)c(O)c2)oc2c(O)c(O[C@@H]3OC(CO)[C@@H](O)[C@H](O)C3O[C@@H]3OC(CO)[C@@H](O)[C@H](O)C3O)cc(O)c12.